The van der Waals surface area contributed by atoms with Gasteiger partial charge in [0.1, 0.15) is 0 Å². The standard InChI is InChI=1S/C10H15NO2/c1-12-7-8-13-6-4-10-3-2-5-11-9-10/h2-3,5,9H,4,6-8H2,1H3. The molecule has 72 valence electrons. The summed E-state index contributed by atoms with van der Waals surface area (Å²) in [6.45, 7) is 2.05. The van der Waals surface area contributed by atoms with Crippen LogP contribution in [-0.4, -0.2) is 31.9 Å². The first-order chi connectivity index (χ1) is 6.43. The number of pyridine rings is 1. The Balaban J connectivity index is 2.07. The number of hydrogen-bond acceptors (Lipinski definition) is 3. The van der Waals surface area contributed by atoms with Crippen molar-refractivity contribution in [2.75, 3.05) is 26.9 Å². The molecule has 0 saturated carbocycles. The van der Waals surface area contributed by atoms with Crippen molar-refractivity contribution in [1.29, 1.82) is 0 Å². The Morgan fingerprint density at radius 2 is 2.23 bits per heavy atom. The molecule has 1 aromatic heterocycles. The predicted molar refractivity (Wildman–Crippen MR) is 50.6 cm³/mol. The molecule has 1 rings (SSSR count). The van der Waals surface area contributed by atoms with Crippen molar-refractivity contribution in [3.8, 4) is 0 Å². The lowest BCUT2D eigenvalue weighted by Crippen LogP contribution is -2.04. The third kappa shape index (κ3) is 4.60. The maximum absolute atomic E-state index is 5.33. The van der Waals surface area contributed by atoms with Gasteiger partial charge in [-0.1, -0.05) is 6.07 Å². The number of aromatic nitrogens is 1. The predicted octanol–water partition coefficient (Wildman–Crippen LogP) is 1.29. The lowest BCUT2D eigenvalue weighted by Gasteiger charge is -2.02. The summed E-state index contributed by atoms with van der Waals surface area (Å²) < 4.78 is 10.2. The van der Waals surface area contributed by atoms with Crippen LogP contribution in [0.1, 0.15) is 5.56 Å². The summed E-state index contributed by atoms with van der Waals surface area (Å²) in [5, 5.41) is 0. The fourth-order valence-electron chi connectivity index (χ4n) is 0.980. The second kappa shape index (κ2) is 6.57. The molecule has 1 aromatic rings. The second-order valence-electron chi connectivity index (χ2n) is 2.72. The van der Waals surface area contributed by atoms with Crippen molar-refractivity contribution in [3.63, 3.8) is 0 Å². The average molecular weight is 181 g/mol. The van der Waals surface area contributed by atoms with Gasteiger partial charge in [0.05, 0.1) is 19.8 Å². The Morgan fingerprint density at radius 3 is 2.92 bits per heavy atom. The molecule has 0 atom stereocenters. The second-order valence-corrected chi connectivity index (χ2v) is 2.72. The topological polar surface area (TPSA) is 31.4 Å². The van der Waals surface area contributed by atoms with E-state index in [-0.39, 0.29) is 0 Å². The van der Waals surface area contributed by atoms with E-state index in [0.29, 0.717) is 13.2 Å². The minimum atomic E-state index is 0.660. The Kier molecular flexibility index (Phi) is 5.13. The molecular weight excluding hydrogens is 166 g/mol. The minimum Gasteiger partial charge on any atom is -0.382 e. The molecule has 0 bridgehead atoms. The molecule has 0 aliphatic rings. The van der Waals surface area contributed by atoms with E-state index in [2.05, 4.69) is 4.98 Å². The van der Waals surface area contributed by atoms with Crippen LogP contribution in [0.25, 0.3) is 0 Å². The van der Waals surface area contributed by atoms with Crippen molar-refractivity contribution >= 4 is 0 Å². The molecule has 3 heteroatoms. The lowest BCUT2D eigenvalue weighted by atomic mass is 10.2. The van der Waals surface area contributed by atoms with E-state index in [9.17, 15) is 0 Å². The largest absolute Gasteiger partial charge is 0.382 e. The number of hydrogen-bond donors (Lipinski definition) is 0. The maximum Gasteiger partial charge on any atom is 0.0700 e. The van der Waals surface area contributed by atoms with Gasteiger partial charge in [-0.3, -0.25) is 4.98 Å². The fourth-order valence-corrected chi connectivity index (χ4v) is 0.980. The molecule has 0 saturated heterocycles. The van der Waals surface area contributed by atoms with Crippen LogP contribution < -0.4 is 0 Å². The summed E-state index contributed by atoms with van der Waals surface area (Å²) >= 11 is 0. The molecule has 0 N–H and O–H groups in total. The van der Waals surface area contributed by atoms with Crippen molar-refractivity contribution < 1.29 is 9.47 Å². The Bertz CT molecular complexity index is 213. The van der Waals surface area contributed by atoms with Gasteiger partial charge in [-0.25, -0.2) is 0 Å². The molecule has 0 spiro atoms. The fraction of sp³-hybridized carbons (Fsp3) is 0.500. The Morgan fingerprint density at radius 1 is 1.31 bits per heavy atom. The summed E-state index contributed by atoms with van der Waals surface area (Å²) in [6.07, 6.45) is 4.55. The van der Waals surface area contributed by atoms with Crippen LogP contribution in [0.15, 0.2) is 24.5 Å². The minimum absolute atomic E-state index is 0.660. The molecule has 0 amide bonds. The van der Waals surface area contributed by atoms with E-state index < -0.39 is 0 Å². The zero-order chi connectivity index (χ0) is 9.36. The SMILES string of the molecule is COCCOCCc1cccnc1. The van der Waals surface area contributed by atoms with Gasteiger partial charge < -0.3 is 9.47 Å². The summed E-state index contributed by atoms with van der Waals surface area (Å²) in [7, 11) is 1.67. The van der Waals surface area contributed by atoms with Crippen molar-refractivity contribution in [2.45, 2.75) is 6.42 Å². The van der Waals surface area contributed by atoms with Crippen LogP contribution in [0.5, 0.6) is 0 Å². The van der Waals surface area contributed by atoms with E-state index in [0.717, 1.165) is 13.0 Å². The summed E-state index contributed by atoms with van der Waals surface area (Å²) in [5.74, 6) is 0. The zero-order valence-electron chi connectivity index (χ0n) is 7.90. The van der Waals surface area contributed by atoms with Gasteiger partial charge in [-0.05, 0) is 18.1 Å². The van der Waals surface area contributed by atoms with Gasteiger partial charge >= 0.3 is 0 Å². The highest BCUT2D eigenvalue weighted by Crippen LogP contribution is 1.96. The smallest absolute Gasteiger partial charge is 0.0700 e. The van der Waals surface area contributed by atoms with Gasteiger partial charge in [-0.2, -0.15) is 0 Å². The summed E-state index contributed by atoms with van der Waals surface area (Å²) in [4.78, 5) is 4.02. The van der Waals surface area contributed by atoms with Gasteiger partial charge in [-0.15, -0.1) is 0 Å². The van der Waals surface area contributed by atoms with Crippen LogP contribution in [0.4, 0.5) is 0 Å². The quantitative estimate of drug-likeness (QED) is 0.620. The van der Waals surface area contributed by atoms with E-state index in [1.54, 1.807) is 13.3 Å². The van der Waals surface area contributed by atoms with Gasteiger partial charge in [0.2, 0.25) is 0 Å². The first-order valence-corrected chi connectivity index (χ1v) is 4.39. The first-order valence-electron chi connectivity index (χ1n) is 4.39. The molecule has 0 unspecified atom stereocenters. The summed E-state index contributed by atoms with van der Waals surface area (Å²) in [6, 6.07) is 3.98. The molecule has 3 nitrogen and oxygen atoms in total. The lowest BCUT2D eigenvalue weighted by molar-refractivity contribution is 0.0722. The Labute approximate surface area is 78.7 Å². The molecule has 13 heavy (non-hydrogen) atoms. The molecule has 0 aromatic carbocycles. The van der Waals surface area contributed by atoms with Crippen LogP contribution >= 0.6 is 0 Å². The summed E-state index contributed by atoms with van der Waals surface area (Å²) in [5.41, 5.74) is 1.21. The van der Waals surface area contributed by atoms with Crippen molar-refractivity contribution in [1.82, 2.24) is 4.98 Å². The molecule has 0 fully saturated rings. The van der Waals surface area contributed by atoms with Crippen LogP contribution in [0.3, 0.4) is 0 Å². The highest BCUT2D eigenvalue weighted by molar-refractivity contribution is 5.08. The third-order valence-electron chi connectivity index (χ3n) is 1.69. The number of nitrogens with zero attached hydrogens (tertiary/aromatic N) is 1. The van der Waals surface area contributed by atoms with Gasteiger partial charge in [0.15, 0.2) is 0 Å². The number of methoxy groups -OCH3 is 1. The van der Waals surface area contributed by atoms with Crippen molar-refractivity contribution in [3.05, 3.63) is 30.1 Å². The van der Waals surface area contributed by atoms with Crippen LogP contribution in [0, 0.1) is 0 Å². The molecule has 1 heterocycles. The first kappa shape index (κ1) is 10.2. The highest BCUT2D eigenvalue weighted by atomic mass is 16.5. The van der Waals surface area contributed by atoms with Crippen molar-refractivity contribution in [2.24, 2.45) is 0 Å². The monoisotopic (exact) mass is 181 g/mol. The normalized spacial score (nSPS) is 10.2. The highest BCUT2D eigenvalue weighted by Gasteiger charge is 1.91. The third-order valence-corrected chi connectivity index (χ3v) is 1.69. The van der Waals surface area contributed by atoms with Crippen LogP contribution in [-0.2, 0) is 15.9 Å². The zero-order valence-corrected chi connectivity index (χ0v) is 7.90. The van der Waals surface area contributed by atoms with Gasteiger partial charge in [0, 0.05) is 19.5 Å². The van der Waals surface area contributed by atoms with E-state index in [1.165, 1.54) is 5.56 Å². The van der Waals surface area contributed by atoms with E-state index in [4.69, 9.17) is 9.47 Å². The van der Waals surface area contributed by atoms with E-state index >= 15 is 0 Å². The average Bonchev–Trinajstić information content (AvgIpc) is 2.19. The van der Waals surface area contributed by atoms with E-state index in [1.807, 2.05) is 18.3 Å². The molecule has 0 radical (unpaired) electrons. The maximum atomic E-state index is 5.33. The van der Waals surface area contributed by atoms with Crippen LogP contribution in [0.2, 0.25) is 0 Å². The number of ether oxygens (including phenoxy) is 2. The molecule has 0 aliphatic carbocycles. The number of rotatable bonds is 6. The Hall–Kier alpha value is -0.930. The van der Waals surface area contributed by atoms with Gasteiger partial charge in [0.25, 0.3) is 0 Å². The molecular formula is C10H15NO2. The molecule has 0 aliphatic heterocycles.